The highest BCUT2D eigenvalue weighted by atomic mass is 35.5. The van der Waals surface area contributed by atoms with Crippen molar-refractivity contribution < 1.29 is 13.2 Å². The molecule has 0 bridgehead atoms. The second-order valence-electron chi connectivity index (χ2n) is 5.94. The number of rotatable bonds is 7. The Balaban J connectivity index is 1.72. The van der Waals surface area contributed by atoms with Crippen molar-refractivity contribution in [3.05, 3.63) is 29.3 Å². The Kier molecular flexibility index (Phi) is 6.74. The van der Waals surface area contributed by atoms with Crippen molar-refractivity contribution in [3.63, 3.8) is 0 Å². The summed E-state index contributed by atoms with van der Waals surface area (Å²) in [7, 11) is -3.77. The zero-order valence-corrected chi connectivity index (χ0v) is 17.8. The van der Waals surface area contributed by atoms with Gasteiger partial charge in [0.1, 0.15) is 6.04 Å². The van der Waals surface area contributed by atoms with Crippen molar-refractivity contribution in [2.24, 2.45) is 0 Å². The number of aromatic nitrogens is 2. The van der Waals surface area contributed by atoms with Gasteiger partial charge in [0.15, 0.2) is 4.34 Å². The van der Waals surface area contributed by atoms with Gasteiger partial charge < -0.3 is 0 Å². The maximum atomic E-state index is 12.9. The fourth-order valence-corrected chi connectivity index (χ4v) is 6.19. The van der Waals surface area contributed by atoms with Crippen molar-refractivity contribution in [2.75, 3.05) is 17.6 Å². The van der Waals surface area contributed by atoms with E-state index in [2.05, 4.69) is 22.4 Å². The molecule has 1 aliphatic heterocycles. The molecule has 2 aromatic rings. The first-order valence-corrected chi connectivity index (χ1v) is 12.1. The lowest BCUT2D eigenvalue weighted by Gasteiger charge is -2.23. The van der Waals surface area contributed by atoms with E-state index in [1.54, 1.807) is 11.8 Å². The van der Waals surface area contributed by atoms with E-state index < -0.39 is 16.1 Å². The molecular formula is C16H19ClN4O3S3. The number of benzene rings is 1. The van der Waals surface area contributed by atoms with Crippen LogP contribution in [0, 0.1) is 0 Å². The van der Waals surface area contributed by atoms with E-state index in [1.165, 1.54) is 39.9 Å². The van der Waals surface area contributed by atoms with Crippen molar-refractivity contribution >= 4 is 55.8 Å². The Morgan fingerprint density at radius 1 is 1.37 bits per heavy atom. The average molecular weight is 447 g/mol. The highest BCUT2D eigenvalue weighted by Crippen LogP contribution is 2.29. The number of halogens is 1. The predicted octanol–water partition coefficient (Wildman–Crippen LogP) is 3.49. The number of nitrogens with zero attached hydrogens (tertiary/aromatic N) is 3. The van der Waals surface area contributed by atoms with Crippen LogP contribution in [0.3, 0.4) is 0 Å². The quantitative estimate of drug-likeness (QED) is 0.517. The van der Waals surface area contributed by atoms with Crippen LogP contribution in [-0.2, 0) is 14.8 Å². The van der Waals surface area contributed by atoms with Gasteiger partial charge in [-0.15, -0.1) is 10.2 Å². The summed E-state index contributed by atoms with van der Waals surface area (Å²) in [4.78, 5) is 12.8. The number of carbonyl (C=O) groups excluding carboxylic acids is 1. The summed E-state index contributed by atoms with van der Waals surface area (Å²) < 4.78 is 27.9. The van der Waals surface area contributed by atoms with E-state index >= 15 is 0 Å². The molecule has 1 saturated heterocycles. The maximum Gasteiger partial charge on any atom is 0.244 e. The number of hydrogen-bond acceptors (Lipinski definition) is 7. The van der Waals surface area contributed by atoms with Gasteiger partial charge in [-0.2, -0.15) is 4.31 Å². The molecule has 0 radical (unpaired) electrons. The largest absolute Gasteiger partial charge is 0.299 e. The minimum atomic E-state index is -3.77. The molecule has 0 saturated carbocycles. The Labute approximate surface area is 171 Å². The molecule has 1 aromatic heterocycles. The smallest absolute Gasteiger partial charge is 0.244 e. The summed E-state index contributed by atoms with van der Waals surface area (Å²) >= 11 is 8.71. The summed E-state index contributed by atoms with van der Waals surface area (Å²) in [5.41, 5.74) is 0. The van der Waals surface area contributed by atoms with Crippen LogP contribution in [-0.4, -0.2) is 47.2 Å². The van der Waals surface area contributed by atoms with Crippen LogP contribution in [0.1, 0.15) is 26.2 Å². The van der Waals surface area contributed by atoms with Crippen LogP contribution in [0.25, 0.3) is 0 Å². The minimum absolute atomic E-state index is 0.126. The normalized spacial score (nSPS) is 17.9. The summed E-state index contributed by atoms with van der Waals surface area (Å²) in [6.07, 6.45) is 2.11. The SMILES string of the molecule is CCCSc1nnc(NC(=O)[C@@H]2CCCN2S(=O)(=O)c2ccc(Cl)cc2)s1. The molecule has 1 atom stereocenters. The van der Waals surface area contributed by atoms with Crippen molar-refractivity contribution in [1.29, 1.82) is 0 Å². The zero-order chi connectivity index (χ0) is 19.4. The van der Waals surface area contributed by atoms with E-state index in [4.69, 9.17) is 11.6 Å². The van der Waals surface area contributed by atoms with Gasteiger partial charge in [-0.3, -0.25) is 10.1 Å². The van der Waals surface area contributed by atoms with Gasteiger partial charge in [-0.25, -0.2) is 8.42 Å². The van der Waals surface area contributed by atoms with Gasteiger partial charge >= 0.3 is 0 Å². The molecule has 27 heavy (non-hydrogen) atoms. The molecule has 0 unspecified atom stereocenters. The van der Waals surface area contributed by atoms with Crippen LogP contribution in [0.5, 0.6) is 0 Å². The van der Waals surface area contributed by atoms with E-state index in [-0.39, 0.29) is 10.8 Å². The van der Waals surface area contributed by atoms with Crippen molar-refractivity contribution in [2.45, 2.75) is 41.5 Å². The van der Waals surface area contributed by atoms with Crippen LogP contribution >= 0.6 is 34.7 Å². The maximum absolute atomic E-state index is 12.9. The fourth-order valence-electron chi connectivity index (χ4n) is 2.73. The topological polar surface area (TPSA) is 92.3 Å². The Hall–Kier alpha value is -1.20. The second-order valence-corrected chi connectivity index (χ2v) is 10.6. The number of anilines is 1. The third-order valence-corrected chi connectivity index (χ3v) is 8.35. The monoisotopic (exact) mass is 446 g/mol. The van der Waals surface area contributed by atoms with Crippen LogP contribution in [0.4, 0.5) is 5.13 Å². The van der Waals surface area contributed by atoms with Crippen LogP contribution < -0.4 is 5.32 Å². The number of hydrogen-bond donors (Lipinski definition) is 1. The molecular weight excluding hydrogens is 428 g/mol. The predicted molar refractivity (Wildman–Crippen MR) is 108 cm³/mol. The number of carbonyl (C=O) groups is 1. The van der Waals surface area contributed by atoms with Gasteiger partial charge in [-0.1, -0.05) is 41.6 Å². The molecule has 146 valence electrons. The second kappa shape index (κ2) is 8.87. The first-order valence-electron chi connectivity index (χ1n) is 8.46. The van der Waals surface area contributed by atoms with E-state index in [1.807, 2.05) is 0 Å². The molecule has 1 amide bonds. The number of amides is 1. The fraction of sp³-hybridized carbons (Fsp3) is 0.438. The highest BCUT2D eigenvalue weighted by molar-refractivity contribution is 8.01. The Morgan fingerprint density at radius 3 is 2.81 bits per heavy atom. The third kappa shape index (κ3) is 4.80. The standard InChI is InChI=1S/C16H19ClN4O3S3/c1-2-10-25-16-20-19-15(26-16)18-14(22)13-4-3-9-21(13)27(23,24)12-7-5-11(17)6-8-12/h5-8,13H,2-4,9-10H2,1H3,(H,18,19,22)/t13-/m0/s1. The number of nitrogens with one attached hydrogen (secondary N) is 1. The van der Waals surface area contributed by atoms with E-state index in [0.717, 1.165) is 16.5 Å². The molecule has 1 aromatic carbocycles. The minimum Gasteiger partial charge on any atom is -0.299 e. The first-order chi connectivity index (χ1) is 12.9. The van der Waals surface area contributed by atoms with Crippen molar-refractivity contribution in [3.8, 4) is 0 Å². The first kappa shape index (κ1) is 20.5. The lowest BCUT2D eigenvalue weighted by molar-refractivity contribution is -0.119. The summed E-state index contributed by atoms with van der Waals surface area (Å²) in [6, 6.07) is 5.19. The Morgan fingerprint density at radius 2 is 2.11 bits per heavy atom. The highest BCUT2D eigenvalue weighted by Gasteiger charge is 2.39. The number of sulfonamides is 1. The third-order valence-electron chi connectivity index (χ3n) is 3.99. The lowest BCUT2D eigenvalue weighted by Crippen LogP contribution is -2.43. The molecule has 1 N–H and O–H groups in total. The molecule has 1 fully saturated rings. The number of thioether (sulfide) groups is 1. The van der Waals surface area contributed by atoms with Gasteiger partial charge in [0, 0.05) is 17.3 Å². The molecule has 0 spiro atoms. The van der Waals surface area contributed by atoms with Crippen LogP contribution in [0.15, 0.2) is 33.5 Å². The molecule has 11 heteroatoms. The van der Waals surface area contributed by atoms with Gasteiger partial charge in [-0.05, 0) is 43.5 Å². The van der Waals surface area contributed by atoms with Gasteiger partial charge in [0.2, 0.25) is 21.1 Å². The van der Waals surface area contributed by atoms with Gasteiger partial charge in [0.25, 0.3) is 0 Å². The van der Waals surface area contributed by atoms with E-state index in [9.17, 15) is 13.2 Å². The molecule has 2 heterocycles. The van der Waals surface area contributed by atoms with E-state index in [0.29, 0.717) is 29.5 Å². The summed E-state index contributed by atoms with van der Waals surface area (Å²) in [5.74, 6) is 0.548. The lowest BCUT2D eigenvalue weighted by atomic mass is 10.2. The Bertz CT molecular complexity index is 902. The van der Waals surface area contributed by atoms with Crippen molar-refractivity contribution in [1.82, 2.24) is 14.5 Å². The summed E-state index contributed by atoms with van der Waals surface area (Å²) in [6.45, 7) is 2.38. The molecule has 3 rings (SSSR count). The van der Waals surface area contributed by atoms with Crippen LogP contribution in [0.2, 0.25) is 5.02 Å². The zero-order valence-electron chi connectivity index (χ0n) is 14.6. The molecule has 7 nitrogen and oxygen atoms in total. The molecule has 1 aliphatic rings. The molecule has 0 aliphatic carbocycles. The van der Waals surface area contributed by atoms with Gasteiger partial charge in [0.05, 0.1) is 4.90 Å². The summed E-state index contributed by atoms with van der Waals surface area (Å²) in [5, 5.41) is 11.5. The average Bonchev–Trinajstić information content (AvgIpc) is 3.30.